The number of rotatable bonds is 1. The zero-order valence-electron chi connectivity index (χ0n) is 10.9. The van der Waals surface area contributed by atoms with Crippen molar-refractivity contribution in [1.29, 1.82) is 0 Å². The number of alkyl halides is 2. The van der Waals surface area contributed by atoms with Crippen LogP contribution in [0, 0.1) is 0 Å². The van der Waals surface area contributed by atoms with Crippen molar-refractivity contribution in [2.45, 2.75) is 17.8 Å². The maximum absolute atomic E-state index is 14.0. The zero-order valence-corrected chi connectivity index (χ0v) is 13.3. The van der Waals surface area contributed by atoms with Gasteiger partial charge in [0.25, 0.3) is 5.92 Å². The van der Waals surface area contributed by atoms with Crippen molar-refractivity contribution < 1.29 is 23.4 Å². The Labute approximate surface area is 135 Å². The normalized spacial score (nSPS) is 24.1. The molecule has 2 heterocycles. The summed E-state index contributed by atoms with van der Waals surface area (Å²) in [6, 6.07) is 5.12. The second kappa shape index (κ2) is 4.26. The molecular formula is C14H8BrF2NO3S. The molecule has 0 radical (unpaired) electrons. The molecule has 4 nitrogen and oxygen atoms in total. The fraction of sp³-hybridized carbons (Fsp3) is 0.286. The van der Waals surface area contributed by atoms with Crippen LogP contribution in [0.25, 0.3) is 11.3 Å². The van der Waals surface area contributed by atoms with Crippen LogP contribution in [0.4, 0.5) is 8.78 Å². The van der Waals surface area contributed by atoms with Crippen LogP contribution in [-0.4, -0.2) is 28.6 Å². The van der Waals surface area contributed by atoms with Gasteiger partial charge in [-0.15, -0.1) is 11.3 Å². The quantitative estimate of drug-likeness (QED) is 0.804. The number of carbonyl (C=O) groups is 1. The summed E-state index contributed by atoms with van der Waals surface area (Å²) in [5.41, 5.74) is -0.639. The molecule has 1 aromatic heterocycles. The van der Waals surface area contributed by atoms with E-state index < -0.39 is 17.3 Å². The van der Waals surface area contributed by atoms with Crippen molar-refractivity contribution in [3.63, 3.8) is 0 Å². The lowest BCUT2D eigenvalue weighted by Crippen LogP contribution is -2.23. The Bertz CT molecular complexity index is 822. The van der Waals surface area contributed by atoms with Gasteiger partial charge in [-0.2, -0.15) is 0 Å². The van der Waals surface area contributed by atoms with Crippen LogP contribution in [0.5, 0.6) is 5.75 Å². The van der Waals surface area contributed by atoms with E-state index in [0.29, 0.717) is 16.2 Å². The average Bonchev–Trinajstić information content (AvgIpc) is 2.83. The number of halogens is 3. The Morgan fingerprint density at radius 2 is 2.18 bits per heavy atom. The van der Waals surface area contributed by atoms with E-state index in [1.807, 2.05) is 0 Å². The Kier molecular flexibility index (Phi) is 2.73. The van der Waals surface area contributed by atoms with Gasteiger partial charge < -0.3 is 9.84 Å². The number of carboxylic acid groups (broad SMARTS) is 1. The molecule has 1 atom stereocenters. The number of carboxylic acids is 1. The van der Waals surface area contributed by atoms with Gasteiger partial charge in [0.05, 0.1) is 5.69 Å². The van der Waals surface area contributed by atoms with E-state index in [9.17, 15) is 13.6 Å². The summed E-state index contributed by atoms with van der Waals surface area (Å²) in [7, 11) is 0. The van der Waals surface area contributed by atoms with Gasteiger partial charge in [0, 0.05) is 21.3 Å². The highest BCUT2D eigenvalue weighted by Crippen LogP contribution is 2.65. The monoisotopic (exact) mass is 387 g/mol. The van der Waals surface area contributed by atoms with E-state index in [2.05, 4.69) is 20.9 Å². The van der Waals surface area contributed by atoms with E-state index in [1.54, 1.807) is 18.2 Å². The lowest BCUT2D eigenvalue weighted by molar-refractivity contribution is 0.0693. The number of ether oxygens (including phenoxy) is 1. The molecule has 22 heavy (non-hydrogen) atoms. The first-order valence-corrected chi connectivity index (χ1v) is 8.00. The standard InChI is InChI=1S/C14H8BrF2NO3S/c15-6-1-2-8-7(3-6)9-10(22-11(18-9)12(19)20)13(5-21-8)4-14(13,16)17/h1-3H,4-5H2,(H,19,20). The number of benzene rings is 1. The van der Waals surface area contributed by atoms with E-state index in [1.165, 1.54) is 0 Å². The molecule has 1 fully saturated rings. The van der Waals surface area contributed by atoms with Crippen molar-refractivity contribution >= 4 is 33.2 Å². The topological polar surface area (TPSA) is 59.4 Å². The minimum atomic E-state index is -2.90. The predicted octanol–water partition coefficient (Wildman–Crippen LogP) is 3.94. The molecule has 0 saturated heterocycles. The van der Waals surface area contributed by atoms with Crippen LogP contribution < -0.4 is 4.74 Å². The number of aromatic nitrogens is 1. The molecule has 4 rings (SSSR count). The maximum Gasteiger partial charge on any atom is 0.365 e. The molecule has 8 heteroatoms. The minimum Gasteiger partial charge on any atom is -0.492 e. The third kappa shape index (κ3) is 1.77. The van der Waals surface area contributed by atoms with Crippen molar-refractivity contribution in [1.82, 2.24) is 4.98 Å². The summed E-state index contributed by atoms with van der Waals surface area (Å²) in [5.74, 6) is -3.68. The first-order chi connectivity index (χ1) is 10.3. The second-order valence-electron chi connectivity index (χ2n) is 5.39. The van der Waals surface area contributed by atoms with Crippen LogP contribution >= 0.6 is 27.3 Å². The number of aromatic carboxylic acids is 1. The molecular weight excluding hydrogens is 380 g/mol. The Morgan fingerprint density at radius 3 is 2.82 bits per heavy atom. The molecule has 0 amide bonds. The maximum atomic E-state index is 14.0. The highest BCUT2D eigenvalue weighted by Gasteiger charge is 2.74. The Hall–Kier alpha value is -1.54. The Morgan fingerprint density at radius 1 is 1.45 bits per heavy atom. The van der Waals surface area contributed by atoms with Crippen LogP contribution in [0.3, 0.4) is 0 Å². The fourth-order valence-electron chi connectivity index (χ4n) is 2.74. The van der Waals surface area contributed by atoms with E-state index in [4.69, 9.17) is 9.84 Å². The lowest BCUT2D eigenvalue weighted by atomic mass is 10.0. The van der Waals surface area contributed by atoms with Gasteiger partial charge in [-0.3, -0.25) is 0 Å². The number of fused-ring (bicyclic) bond motifs is 4. The van der Waals surface area contributed by atoms with Gasteiger partial charge in [-0.05, 0) is 18.2 Å². The van der Waals surface area contributed by atoms with Gasteiger partial charge in [-0.1, -0.05) is 15.9 Å². The predicted molar refractivity (Wildman–Crippen MR) is 78.9 cm³/mol. The molecule has 1 unspecified atom stereocenters. The number of hydrogen-bond donors (Lipinski definition) is 1. The van der Waals surface area contributed by atoms with Crippen molar-refractivity contribution in [3.8, 4) is 17.0 Å². The first kappa shape index (κ1) is 14.1. The van der Waals surface area contributed by atoms with Crippen molar-refractivity contribution in [2.24, 2.45) is 0 Å². The SMILES string of the molecule is O=C(O)c1nc2c(s1)C1(COc3ccc(Br)cc3-2)CC1(F)F. The highest BCUT2D eigenvalue weighted by atomic mass is 79.9. The number of nitrogens with zero attached hydrogens (tertiary/aromatic N) is 1. The van der Waals surface area contributed by atoms with Crippen LogP contribution in [0.15, 0.2) is 22.7 Å². The van der Waals surface area contributed by atoms with Gasteiger partial charge in [0.1, 0.15) is 17.8 Å². The summed E-state index contributed by atoms with van der Waals surface area (Å²) in [6.45, 7) is -0.178. The smallest absolute Gasteiger partial charge is 0.365 e. The number of thiazole rings is 1. The van der Waals surface area contributed by atoms with Crippen LogP contribution in [0.2, 0.25) is 0 Å². The van der Waals surface area contributed by atoms with E-state index in [0.717, 1.165) is 15.8 Å². The minimum absolute atomic E-state index is 0.178. The van der Waals surface area contributed by atoms with Crippen LogP contribution in [0.1, 0.15) is 21.1 Å². The molecule has 1 aromatic carbocycles. The third-order valence-corrected chi connectivity index (χ3v) is 5.76. The van der Waals surface area contributed by atoms with E-state index >= 15 is 0 Å². The summed E-state index contributed by atoms with van der Waals surface area (Å²) in [4.78, 5) is 15.6. The highest BCUT2D eigenvalue weighted by molar-refractivity contribution is 9.10. The second-order valence-corrected chi connectivity index (χ2v) is 7.31. The molecule has 2 aromatic rings. The largest absolute Gasteiger partial charge is 0.492 e. The van der Waals surface area contributed by atoms with Gasteiger partial charge in [-0.25, -0.2) is 18.6 Å². The van der Waals surface area contributed by atoms with Gasteiger partial charge in [0.2, 0.25) is 5.01 Å². The third-order valence-electron chi connectivity index (χ3n) is 4.01. The van der Waals surface area contributed by atoms with Gasteiger partial charge in [0.15, 0.2) is 0 Å². The molecule has 1 aliphatic carbocycles. The molecule has 1 N–H and O–H groups in total. The van der Waals surface area contributed by atoms with Crippen LogP contribution in [-0.2, 0) is 5.41 Å². The molecule has 1 spiro atoms. The summed E-state index contributed by atoms with van der Waals surface area (Å²) in [6.07, 6.45) is -0.344. The summed E-state index contributed by atoms with van der Waals surface area (Å²) in [5, 5.41) is 8.97. The van der Waals surface area contributed by atoms with Crippen molar-refractivity contribution in [3.05, 3.63) is 32.6 Å². The summed E-state index contributed by atoms with van der Waals surface area (Å²) < 4.78 is 34.3. The van der Waals surface area contributed by atoms with E-state index in [-0.39, 0.29) is 23.7 Å². The van der Waals surface area contributed by atoms with Gasteiger partial charge >= 0.3 is 5.97 Å². The lowest BCUT2D eigenvalue weighted by Gasteiger charge is -2.13. The molecule has 1 aliphatic heterocycles. The molecule has 2 aliphatic rings. The first-order valence-electron chi connectivity index (χ1n) is 6.39. The molecule has 1 saturated carbocycles. The van der Waals surface area contributed by atoms with Crippen molar-refractivity contribution in [2.75, 3.05) is 6.61 Å². The number of hydrogen-bond acceptors (Lipinski definition) is 4. The Balaban J connectivity index is 2.00. The molecule has 0 bridgehead atoms. The average molecular weight is 388 g/mol. The molecule has 114 valence electrons. The fourth-order valence-corrected chi connectivity index (χ4v) is 4.24. The summed E-state index contributed by atoms with van der Waals surface area (Å²) >= 11 is 4.14. The zero-order chi connectivity index (χ0) is 15.7.